The highest BCUT2D eigenvalue weighted by molar-refractivity contribution is 9.10. The Morgan fingerprint density at radius 3 is 2.27 bits per heavy atom. The highest BCUT2D eigenvalue weighted by atomic mass is 79.9. The monoisotopic (exact) mass is 390 g/mol. The second kappa shape index (κ2) is 6.84. The van der Waals surface area contributed by atoms with Gasteiger partial charge in [0.1, 0.15) is 5.78 Å². The van der Waals surface area contributed by atoms with Crippen LogP contribution in [0.15, 0.2) is 46.9 Å². The van der Waals surface area contributed by atoms with Gasteiger partial charge in [-0.3, -0.25) is 4.79 Å². The van der Waals surface area contributed by atoms with Gasteiger partial charge in [-0.2, -0.15) is 13.2 Å². The molecule has 0 unspecified atom stereocenters. The summed E-state index contributed by atoms with van der Waals surface area (Å²) >= 11 is 8.71. The summed E-state index contributed by atoms with van der Waals surface area (Å²) in [7, 11) is 0. The molecule has 6 heteroatoms. The van der Waals surface area contributed by atoms with Gasteiger partial charge in [0.05, 0.1) is 5.56 Å². The summed E-state index contributed by atoms with van der Waals surface area (Å²) in [5, 5.41) is 0.522. The Kier molecular flexibility index (Phi) is 5.29. The molecule has 0 N–H and O–H groups in total. The van der Waals surface area contributed by atoms with E-state index in [1.165, 1.54) is 12.1 Å². The lowest BCUT2D eigenvalue weighted by molar-refractivity contribution is -0.138. The number of carbonyl (C=O) groups is 1. The van der Waals surface area contributed by atoms with E-state index >= 15 is 0 Å². The Labute approximate surface area is 139 Å². The third kappa shape index (κ3) is 4.58. The molecule has 2 aromatic carbocycles. The highest BCUT2D eigenvalue weighted by Crippen LogP contribution is 2.35. The van der Waals surface area contributed by atoms with Crippen LogP contribution < -0.4 is 0 Å². The first-order chi connectivity index (χ1) is 10.3. The minimum Gasteiger partial charge on any atom is -0.299 e. The number of alkyl halides is 3. The molecule has 0 aromatic heterocycles. The summed E-state index contributed by atoms with van der Waals surface area (Å²) in [5.41, 5.74) is 0.300. The van der Waals surface area contributed by atoms with Crippen LogP contribution in [0.25, 0.3) is 0 Å². The van der Waals surface area contributed by atoms with E-state index in [1.807, 2.05) is 0 Å². The lowest BCUT2D eigenvalue weighted by Crippen LogP contribution is -2.10. The fourth-order valence-corrected chi connectivity index (χ4v) is 2.75. The van der Waals surface area contributed by atoms with Gasteiger partial charge in [0.2, 0.25) is 0 Å². The predicted molar refractivity (Wildman–Crippen MR) is 83.0 cm³/mol. The fraction of sp³-hybridized carbons (Fsp3) is 0.188. The van der Waals surface area contributed by atoms with Gasteiger partial charge in [-0.25, -0.2) is 0 Å². The first kappa shape index (κ1) is 17.0. The van der Waals surface area contributed by atoms with Crippen molar-refractivity contribution >= 4 is 33.3 Å². The van der Waals surface area contributed by atoms with E-state index in [0.29, 0.717) is 10.6 Å². The van der Waals surface area contributed by atoms with Crippen molar-refractivity contribution in [1.29, 1.82) is 0 Å². The summed E-state index contributed by atoms with van der Waals surface area (Å²) < 4.78 is 38.4. The zero-order chi connectivity index (χ0) is 16.3. The molecule has 0 radical (unpaired) electrons. The molecule has 2 rings (SSSR count). The van der Waals surface area contributed by atoms with Gasteiger partial charge in [-0.15, -0.1) is 0 Å². The average Bonchev–Trinajstić information content (AvgIpc) is 2.39. The van der Waals surface area contributed by atoms with E-state index in [1.54, 1.807) is 24.3 Å². The van der Waals surface area contributed by atoms with Crippen LogP contribution >= 0.6 is 27.5 Å². The largest absolute Gasteiger partial charge is 0.417 e. The number of ketones is 1. The number of rotatable bonds is 4. The molecule has 116 valence electrons. The van der Waals surface area contributed by atoms with Crippen LogP contribution in [0.5, 0.6) is 0 Å². The van der Waals surface area contributed by atoms with E-state index in [4.69, 9.17) is 11.6 Å². The Balaban J connectivity index is 2.12. The number of halogens is 5. The van der Waals surface area contributed by atoms with Crippen LogP contribution in [-0.4, -0.2) is 5.78 Å². The molecular formula is C16H11BrClF3O. The first-order valence-electron chi connectivity index (χ1n) is 6.37. The van der Waals surface area contributed by atoms with Crippen molar-refractivity contribution in [2.24, 2.45) is 0 Å². The molecule has 22 heavy (non-hydrogen) atoms. The molecule has 0 aliphatic rings. The molecule has 0 amide bonds. The summed E-state index contributed by atoms with van der Waals surface area (Å²) in [6.45, 7) is 0. The summed E-state index contributed by atoms with van der Waals surface area (Å²) in [6.07, 6.45) is -4.37. The normalized spacial score (nSPS) is 11.5. The Hall–Kier alpha value is -1.33. The van der Waals surface area contributed by atoms with Gasteiger partial charge in [-0.05, 0) is 35.4 Å². The van der Waals surface area contributed by atoms with Crippen LogP contribution in [0.3, 0.4) is 0 Å². The smallest absolute Gasteiger partial charge is 0.299 e. The van der Waals surface area contributed by atoms with Crippen LogP contribution in [0.1, 0.15) is 16.7 Å². The van der Waals surface area contributed by atoms with E-state index in [9.17, 15) is 18.0 Å². The van der Waals surface area contributed by atoms with Crippen molar-refractivity contribution in [3.63, 3.8) is 0 Å². The highest BCUT2D eigenvalue weighted by Gasteiger charge is 2.33. The van der Waals surface area contributed by atoms with Crippen molar-refractivity contribution in [2.75, 3.05) is 0 Å². The number of hydrogen-bond donors (Lipinski definition) is 0. The molecule has 0 heterocycles. The van der Waals surface area contributed by atoms with Crippen molar-refractivity contribution in [2.45, 2.75) is 19.0 Å². The van der Waals surface area contributed by atoms with Crippen molar-refractivity contribution in [3.05, 3.63) is 68.7 Å². The number of Topliss-reactive ketones (excluding diaryl/α,β-unsaturated/α-hetero) is 1. The number of benzene rings is 2. The zero-order valence-electron chi connectivity index (χ0n) is 11.3. The minimum absolute atomic E-state index is 0.0361. The van der Waals surface area contributed by atoms with Gasteiger partial charge in [0, 0.05) is 22.3 Å². The number of carbonyl (C=O) groups excluding carboxylic acids is 1. The third-order valence-electron chi connectivity index (χ3n) is 3.03. The Morgan fingerprint density at radius 1 is 1.05 bits per heavy atom. The standard InChI is InChI=1S/C16H11BrClF3O/c17-15-5-4-11(9-14(15)16(19,20)21)8-13(22)7-10-2-1-3-12(18)6-10/h1-6,9H,7-8H2. The molecule has 0 bridgehead atoms. The molecule has 0 fully saturated rings. The Bertz CT molecular complexity index is 698. The maximum absolute atomic E-state index is 12.8. The average molecular weight is 392 g/mol. The predicted octanol–water partition coefficient (Wildman–Crippen LogP) is 5.48. The summed E-state index contributed by atoms with van der Waals surface area (Å²) in [6, 6.07) is 10.7. The van der Waals surface area contributed by atoms with Crippen LogP contribution in [0.4, 0.5) is 13.2 Å². The lowest BCUT2D eigenvalue weighted by atomic mass is 10.0. The molecule has 0 saturated heterocycles. The van der Waals surface area contributed by atoms with Crippen LogP contribution in [-0.2, 0) is 23.8 Å². The third-order valence-corrected chi connectivity index (χ3v) is 3.95. The molecule has 2 aromatic rings. The van der Waals surface area contributed by atoms with Crippen molar-refractivity contribution in [1.82, 2.24) is 0 Å². The summed E-state index contributed by atoms with van der Waals surface area (Å²) in [4.78, 5) is 12.0. The van der Waals surface area contributed by atoms with Gasteiger partial charge in [-0.1, -0.05) is 45.7 Å². The van der Waals surface area contributed by atoms with E-state index < -0.39 is 11.7 Å². The van der Waals surface area contributed by atoms with E-state index in [2.05, 4.69) is 15.9 Å². The van der Waals surface area contributed by atoms with Crippen molar-refractivity contribution in [3.8, 4) is 0 Å². The van der Waals surface area contributed by atoms with Crippen LogP contribution in [0, 0.1) is 0 Å². The Morgan fingerprint density at radius 2 is 1.68 bits per heavy atom. The lowest BCUT2D eigenvalue weighted by Gasteiger charge is -2.11. The maximum Gasteiger partial charge on any atom is 0.417 e. The van der Waals surface area contributed by atoms with Gasteiger partial charge in [0.15, 0.2) is 0 Å². The number of hydrogen-bond acceptors (Lipinski definition) is 1. The molecule has 0 atom stereocenters. The molecule has 0 saturated carbocycles. The molecule has 0 aliphatic carbocycles. The second-order valence-corrected chi connectivity index (χ2v) is 6.12. The van der Waals surface area contributed by atoms with E-state index in [-0.39, 0.29) is 23.1 Å². The molecule has 1 nitrogen and oxygen atoms in total. The first-order valence-corrected chi connectivity index (χ1v) is 7.54. The molecular weight excluding hydrogens is 381 g/mol. The van der Waals surface area contributed by atoms with Crippen molar-refractivity contribution < 1.29 is 18.0 Å². The molecule has 0 aliphatic heterocycles. The fourth-order valence-electron chi connectivity index (χ4n) is 2.06. The van der Waals surface area contributed by atoms with Gasteiger partial charge >= 0.3 is 6.18 Å². The van der Waals surface area contributed by atoms with Crippen LogP contribution in [0.2, 0.25) is 5.02 Å². The quantitative estimate of drug-likeness (QED) is 0.675. The SMILES string of the molecule is O=C(Cc1cccc(Cl)c1)Cc1ccc(Br)c(C(F)(F)F)c1. The van der Waals surface area contributed by atoms with Gasteiger partial charge < -0.3 is 0 Å². The topological polar surface area (TPSA) is 17.1 Å². The minimum atomic E-state index is -4.45. The second-order valence-electron chi connectivity index (χ2n) is 4.83. The van der Waals surface area contributed by atoms with Gasteiger partial charge in [0.25, 0.3) is 0 Å². The zero-order valence-corrected chi connectivity index (χ0v) is 13.6. The summed E-state index contributed by atoms with van der Waals surface area (Å²) in [5.74, 6) is -0.169. The molecule has 0 spiro atoms. The maximum atomic E-state index is 12.8. The van der Waals surface area contributed by atoms with E-state index in [0.717, 1.165) is 11.6 Å².